The highest BCUT2D eigenvalue weighted by molar-refractivity contribution is 6.42. The molecule has 0 fully saturated rings. The van der Waals surface area contributed by atoms with E-state index in [4.69, 9.17) is 51.1 Å². The van der Waals surface area contributed by atoms with Crippen LogP contribution >= 0.6 is 46.4 Å². The summed E-state index contributed by atoms with van der Waals surface area (Å²) < 4.78 is 5.90. The fourth-order valence-electron chi connectivity index (χ4n) is 5.73. The first-order chi connectivity index (χ1) is 24.1. The van der Waals surface area contributed by atoms with Gasteiger partial charge in [0.2, 0.25) is 0 Å². The Kier molecular flexibility index (Phi) is 16.2. The third kappa shape index (κ3) is 12.5. The van der Waals surface area contributed by atoms with E-state index in [-0.39, 0.29) is 46.1 Å². The van der Waals surface area contributed by atoms with E-state index in [0.717, 1.165) is 29.8 Å². The van der Waals surface area contributed by atoms with Crippen LogP contribution < -0.4 is 20.4 Å². The molecular formula is C38H44Cl4N4O4. The molecular weight excluding hydrogens is 718 g/mol. The number of halogens is 4. The molecule has 3 amide bonds. The van der Waals surface area contributed by atoms with Gasteiger partial charge in [-0.3, -0.25) is 14.4 Å². The van der Waals surface area contributed by atoms with Gasteiger partial charge < -0.3 is 15.4 Å². The van der Waals surface area contributed by atoms with Crippen LogP contribution in [0.2, 0.25) is 20.1 Å². The van der Waals surface area contributed by atoms with E-state index in [1.54, 1.807) is 30.3 Å². The molecule has 1 aliphatic heterocycles. The lowest BCUT2D eigenvalue weighted by molar-refractivity contribution is -0.118. The van der Waals surface area contributed by atoms with Gasteiger partial charge in [-0.15, -0.1) is 0 Å². The summed E-state index contributed by atoms with van der Waals surface area (Å²) in [7, 11) is 0. The molecule has 1 heterocycles. The standard InChI is InChI=1S/C38H44Cl4N4O4/c1-2-3-4-5-6-7-8-9-10-11-12-13-15-26-20-28(39)18-19-33(26)50-25-35(47)43-30-17-14-16-27(21-30)38(49)44-34-24-36(48)46(45-34)37-31(41)22-29(40)23-32(37)42/h14,16-23H,2-13,15,24-25H2,1H3,(H,43,47)(H,44,45,49). The molecule has 3 aromatic carbocycles. The molecule has 0 atom stereocenters. The SMILES string of the molecule is CCCCCCCCCCCCCCc1cc(Cl)ccc1OCC(=O)Nc1cccc(C(=O)NC2=NN(c3c(Cl)cc(Cl)cc3Cl)C(=O)C2)c1. The van der Waals surface area contributed by atoms with Gasteiger partial charge in [0.25, 0.3) is 17.7 Å². The molecule has 0 aliphatic carbocycles. The molecule has 0 saturated heterocycles. The summed E-state index contributed by atoms with van der Waals surface area (Å²) >= 11 is 24.8. The largest absolute Gasteiger partial charge is 0.483 e. The summed E-state index contributed by atoms with van der Waals surface area (Å²) in [4.78, 5) is 38.5. The van der Waals surface area contributed by atoms with Crippen molar-refractivity contribution in [2.24, 2.45) is 5.10 Å². The van der Waals surface area contributed by atoms with Crippen molar-refractivity contribution in [1.82, 2.24) is 5.32 Å². The lowest BCUT2D eigenvalue weighted by Crippen LogP contribution is -2.29. The highest BCUT2D eigenvalue weighted by atomic mass is 35.5. The van der Waals surface area contributed by atoms with E-state index in [9.17, 15) is 14.4 Å². The smallest absolute Gasteiger partial charge is 0.262 e. The second-order valence-corrected chi connectivity index (χ2v) is 14.1. The number of hydrogen-bond acceptors (Lipinski definition) is 5. The molecule has 0 aromatic heterocycles. The van der Waals surface area contributed by atoms with Crippen LogP contribution in [0.5, 0.6) is 5.75 Å². The van der Waals surface area contributed by atoms with Crippen LogP contribution in [0.25, 0.3) is 0 Å². The van der Waals surface area contributed by atoms with Crippen LogP contribution in [-0.4, -0.2) is 30.2 Å². The molecule has 4 rings (SSSR count). The Bertz CT molecular complexity index is 1640. The Morgan fingerprint density at radius 1 is 0.780 bits per heavy atom. The summed E-state index contributed by atoms with van der Waals surface area (Å²) in [6.07, 6.45) is 16.0. The number of anilines is 2. The second-order valence-electron chi connectivity index (χ2n) is 12.4. The highest BCUT2D eigenvalue weighted by Gasteiger charge is 2.30. The summed E-state index contributed by atoms with van der Waals surface area (Å²) in [5.41, 5.74) is 1.81. The number of rotatable bonds is 19. The minimum Gasteiger partial charge on any atom is -0.483 e. The van der Waals surface area contributed by atoms with Gasteiger partial charge in [-0.05, 0) is 66.9 Å². The summed E-state index contributed by atoms with van der Waals surface area (Å²) in [6.45, 7) is 2.04. The van der Waals surface area contributed by atoms with Crippen molar-refractivity contribution in [3.8, 4) is 5.75 Å². The lowest BCUT2D eigenvalue weighted by Gasteiger charge is -2.15. The van der Waals surface area contributed by atoms with Gasteiger partial charge in [0.1, 0.15) is 17.3 Å². The van der Waals surface area contributed by atoms with Crippen molar-refractivity contribution in [3.63, 3.8) is 0 Å². The van der Waals surface area contributed by atoms with Crippen molar-refractivity contribution >= 4 is 81.3 Å². The van der Waals surface area contributed by atoms with Gasteiger partial charge in [0.05, 0.1) is 16.5 Å². The van der Waals surface area contributed by atoms with E-state index in [2.05, 4.69) is 22.7 Å². The van der Waals surface area contributed by atoms with Crippen LogP contribution in [0.3, 0.4) is 0 Å². The average Bonchev–Trinajstić information content (AvgIpc) is 3.43. The van der Waals surface area contributed by atoms with Crippen molar-refractivity contribution in [2.75, 3.05) is 16.9 Å². The Morgan fingerprint density at radius 2 is 1.42 bits per heavy atom. The number of aryl methyl sites for hydroxylation is 1. The molecule has 8 nitrogen and oxygen atoms in total. The number of amides is 3. The summed E-state index contributed by atoms with van der Waals surface area (Å²) in [5.74, 6) is -0.574. The monoisotopic (exact) mass is 760 g/mol. The third-order valence-electron chi connectivity index (χ3n) is 8.32. The topological polar surface area (TPSA) is 100 Å². The van der Waals surface area contributed by atoms with Crippen molar-refractivity contribution in [2.45, 2.75) is 96.8 Å². The second kappa shape index (κ2) is 20.5. The van der Waals surface area contributed by atoms with Gasteiger partial charge in [-0.1, -0.05) is 130 Å². The summed E-state index contributed by atoms with van der Waals surface area (Å²) in [5, 5.41) is 11.9. The summed E-state index contributed by atoms with van der Waals surface area (Å²) in [6, 6.07) is 14.8. The van der Waals surface area contributed by atoms with Gasteiger partial charge >= 0.3 is 0 Å². The van der Waals surface area contributed by atoms with Crippen LogP contribution in [0, 0.1) is 0 Å². The predicted molar refractivity (Wildman–Crippen MR) is 205 cm³/mol. The first kappa shape index (κ1) is 39.5. The van der Waals surface area contributed by atoms with Crippen LogP contribution in [0.1, 0.15) is 106 Å². The molecule has 0 radical (unpaired) electrons. The molecule has 2 N–H and O–H groups in total. The van der Waals surface area contributed by atoms with E-state index in [1.807, 2.05) is 6.07 Å². The molecule has 0 saturated carbocycles. The van der Waals surface area contributed by atoms with Gasteiger partial charge in [-0.25, -0.2) is 0 Å². The van der Waals surface area contributed by atoms with E-state index >= 15 is 0 Å². The number of unbranched alkanes of at least 4 members (excludes halogenated alkanes) is 11. The highest BCUT2D eigenvalue weighted by Crippen LogP contribution is 2.38. The Morgan fingerprint density at radius 3 is 2.08 bits per heavy atom. The molecule has 3 aromatic rings. The number of amidine groups is 1. The number of carbonyl (C=O) groups excluding carboxylic acids is 3. The maximum Gasteiger partial charge on any atom is 0.262 e. The lowest BCUT2D eigenvalue weighted by atomic mass is 10.0. The van der Waals surface area contributed by atoms with Crippen LogP contribution in [0.15, 0.2) is 59.7 Å². The number of ether oxygens (including phenoxy) is 1. The Balaban J connectivity index is 1.22. The van der Waals surface area contributed by atoms with Crippen molar-refractivity contribution in [3.05, 3.63) is 85.8 Å². The number of carbonyl (C=O) groups is 3. The molecule has 1 aliphatic rings. The number of benzene rings is 3. The van der Waals surface area contributed by atoms with Gasteiger partial charge in [-0.2, -0.15) is 10.1 Å². The first-order valence-corrected chi connectivity index (χ1v) is 18.8. The van der Waals surface area contributed by atoms with E-state index in [0.29, 0.717) is 21.5 Å². The van der Waals surface area contributed by atoms with Crippen LogP contribution in [-0.2, 0) is 16.0 Å². The zero-order chi connectivity index (χ0) is 35.9. The number of nitrogens with zero attached hydrogens (tertiary/aromatic N) is 2. The Hall–Kier alpha value is -3.30. The van der Waals surface area contributed by atoms with E-state index in [1.165, 1.54) is 82.4 Å². The normalized spacial score (nSPS) is 12.6. The maximum absolute atomic E-state index is 13.0. The third-order valence-corrected chi connectivity index (χ3v) is 9.35. The number of hydrazone groups is 1. The molecule has 268 valence electrons. The fraction of sp³-hybridized carbons (Fsp3) is 0.421. The van der Waals surface area contributed by atoms with Gasteiger partial charge in [0.15, 0.2) is 6.61 Å². The maximum atomic E-state index is 13.0. The average molecular weight is 763 g/mol. The zero-order valence-electron chi connectivity index (χ0n) is 28.3. The number of hydrogen-bond donors (Lipinski definition) is 2. The van der Waals surface area contributed by atoms with Crippen molar-refractivity contribution < 1.29 is 19.1 Å². The molecule has 0 unspecified atom stereocenters. The van der Waals surface area contributed by atoms with Crippen LogP contribution in [0.4, 0.5) is 11.4 Å². The zero-order valence-corrected chi connectivity index (χ0v) is 31.4. The predicted octanol–water partition coefficient (Wildman–Crippen LogP) is 11.0. The minimum atomic E-state index is -0.511. The molecule has 12 heteroatoms. The Labute approximate surface area is 314 Å². The first-order valence-electron chi connectivity index (χ1n) is 17.3. The number of nitrogens with one attached hydrogen (secondary N) is 2. The molecule has 0 spiro atoms. The van der Waals surface area contributed by atoms with Gasteiger partial charge in [0, 0.05) is 21.3 Å². The van der Waals surface area contributed by atoms with Crippen molar-refractivity contribution in [1.29, 1.82) is 0 Å². The quantitative estimate of drug-likeness (QED) is 0.119. The minimum absolute atomic E-state index is 0.118. The molecule has 0 bridgehead atoms. The molecule has 50 heavy (non-hydrogen) atoms. The fourth-order valence-corrected chi connectivity index (χ4v) is 6.90. The van der Waals surface area contributed by atoms with E-state index < -0.39 is 11.8 Å².